The number of aliphatic imine (C=N–C) groups is 1. The number of anilines is 1. The van der Waals surface area contributed by atoms with Crippen molar-refractivity contribution in [3.8, 4) is 5.69 Å². The van der Waals surface area contributed by atoms with Gasteiger partial charge in [-0.1, -0.05) is 30.3 Å². The summed E-state index contributed by atoms with van der Waals surface area (Å²) in [6.07, 6.45) is 3.70. The first kappa shape index (κ1) is 14.8. The van der Waals surface area contributed by atoms with Crippen LogP contribution >= 0.6 is 0 Å². The van der Waals surface area contributed by atoms with Gasteiger partial charge >= 0.3 is 0 Å². The molecular formula is C18H19N5. The van der Waals surface area contributed by atoms with Gasteiger partial charge in [-0.3, -0.25) is 4.99 Å². The smallest absolute Gasteiger partial charge is 0.125 e. The standard InChI is InChI=1S/C18H19N5/c1-13-21-9-10-23(13)16-7-8-17(19)15(11-16)12-22-18(20)14-5-3-2-4-6-14/h2-11H,12,19H2,1H3,(H2,20,22). The first-order valence-corrected chi connectivity index (χ1v) is 7.39. The van der Waals surface area contributed by atoms with Crippen LogP contribution in [0.2, 0.25) is 0 Å². The summed E-state index contributed by atoms with van der Waals surface area (Å²) in [5, 5.41) is 0. The Balaban J connectivity index is 1.87. The molecule has 5 heteroatoms. The van der Waals surface area contributed by atoms with E-state index in [1.165, 1.54) is 0 Å². The zero-order valence-corrected chi connectivity index (χ0v) is 13.0. The highest BCUT2D eigenvalue weighted by atomic mass is 15.1. The molecular weight excluding hydrogens is 286 g/mol. The second-order valence-electron chi connectivity index (χ2n) is 5.30. The number of nitrogen functional groups attached to an aromatic ring is 1. The molecule has 3 aromatic rings. The SMILES string of the molecule is Cc1nccn1-c1ccc(N)c(CN=C(N)c2ccccc2)c1. The van der Waals surface area contributed by atoms with Crippen molar-refractivity contribution < 1.29 is 0 Å². The van der Waals surface area contributed by atoms with E-state index in [0.717, 1.165) is 22.6 Å². The summed E-state index contributed by atoms with van der Waals surface area (Å²) >= 11 is 0. The van der Waals surface area contributed by atoms with Crippen molar-refractivity contribution in [2.24, 2.45) is 10.7 Å². The second kappa shape index (κ2) is 6.36. The molecule has 0 saturated carbocycles. The summed E-state index contributed by atoms with van der Waals surface area (Å²) in [7, 11) is 0. The predicted molar refractivity (Wildman–Crippen MR) is 93.6 cm³/mol. The number of imidazole rings is 1. The maximum absolute atomic E-state index is 6.07. The average Bonchev–Trinajstić information content (AvgIpc) is 3.01. The summed E-state index contributed by atoms with van der Waals surface area (Å²) in [5.74, 6) is 1.43. The molecule has 0 spiro atoms. The van der Waals surface area contributed by atoms with Gasteiger partial charge in [0.05, 0.1) is 6.54 Å². The number of benzene rings is 2. The van der Waals surface area contributed by atoms with Gasteiger partial charge in [-0.25, -0.2) is 4.98 Å². The highest BCUT2D eigenvalue weighted by Crippen LogP contribution is 2.19. The van der Waals surface area contributed by atoms with Crippen LogP contribution in [0.15, 0.2) is 65.9 Å². The number of aromatic nitrogens is 2. The minimum atomic E-state index is 0.439. The van der Waals surface area contributed by atoms with Crippen molar-refractivity contribution in [1.82, 2.24) is 9.55 Å². The third-order valence-corrected chi connectivity index (χ3v) is 3.72. The molecule has 0 atom stereocenters. The van der Waals surface area contributed by atoms with Crippen LogP contribution in [0.25, 0.3) is 5.69 Å². The lowest BCUT2D eigenvalue weighted by atomic mass is 10.1. The monoisotopic (exact) mass is 305 g/mol. The molecule has 0 radical (unpaired) electrons. The van der Waals surface area contributed by atoms with Gasteiger partial charge in [0.25, 0.3) is 0 Å². The fourth-order valence-electron chi connectivity index (χ4n) is 2.40. The first-order chi connectivity index (χ1) is 11.1. The summed E-state index contributed by atoms with van der Waals surface area (Å²) in [6, 6.07) is 15.6. The number of nitrogens with zero attached hydrogens (tertiary/aromatic N) is 3. The van der Waals surface area contributed by atoms with E-state index >= 15 is 0 Å². The highest BCUT2D eigenvalue weighted by molar-refractivity contribution is 5.97. The van der Waals surface area contributed by atoms with Gasteiger partial charge in [0, 0.05) is 29.3 Å². The van der Waals surface area contributed by atoms with Crippen LogP contribution in [0.3, 0.4) is 0 Å². The molecule has 1 heterocycles. The van der Waals surface area contributed by atoms with E-state index in [4.69, 9.17) is 11.5 Å². The van der Waals surface area contributed by atoms with Gasteiger partial charge in [-0.05, 0) is 30.7 Å². The third kappa shape index (κ3) is 3.23. The Labute approximate surface area is 135 Å². The summed E-state index contributed by atoms with van der Waals surface area (Å²) in [5.41, 5.74) is 15.7. The van der Waals surface area contributed by atoms with Crippen molar-refractivity contribution in [1.29, 1.82) is 0 Å². The molecule has 23 heavy (non-hydrogen) atoms. The zero-order valence-electron chi connectivity index (χ0n) is 13.0. The van der Waals surface area contributed by atoms with Gasteiger partial charge in [-0.2, -0.15) is 0 Å². The number of rotatable bonds is 4. The molecule has 0 fully saturated rings. The van der Waals surface area contributed by atoms with Gasteiger partial charge in [0.15, 0.2) is 0 Å². The normalized spacial score (nSPS) is 11.6. The molecule has 0 aliphatic heterocycles. The van der Waals surface area contributed by atoms with E-state index in [-0.39, 0.29) is 0 Å². The van der Waals surface area contributed by atoms with E-state index in [9.17, 15) is 0 Å². The topological polar surface area (TPSA) is 82.2 Å². The lowest BCUT2D eigenvalue weighted by Gasteiger charge is -2.09. The summed E-state index contributed by atoms with van der Waals surface area (Å²) in [4.78, 5) is 8.70. The number of nitrogens with two attached hydrogens (primary N) is 2. The summed E-state index contributed by atoms with van der Waals surface area (Å²) in [6.45, 7) is 2.40. The van der Waals surface area contributed by atoms with Crippen LogP contribution < -0.4 is 11.5 Å². The molecule has 0 amide bonds. The van der Waals surface area contributed by atoms with Gasteiger partial charge in [0.1, 0.15) is 11.7 Å². The van der Waals surface area contributed by atoms with Crippen molar-refractivity contribution in [2.45, 2.75) is 13.5 Å². The van der Waals surface area contributed by atoms with Crippen LogP contribution in [0.5, 0.6) is 0 Å². The van der Waals surface area contributed by atoms with Gasteiger partial charge in [0.2, 0.25) is 0 Å². The average molecular weight is 305 g/mol. The van der Waals surface area contributed by atoms with Crippen molar-refractivity contribution in [2.75, 3.05) is 5.73 Å². The molecule has 0 aliphatic carbocycles. The van der Waals surface area contributed by atoms with Crippen LogP contribution in [0.4, 0.5) is 5.69 Å². The Hall–Kier alpha value is -3.08. The van der Waals surface area contributed by atoms with Crippen molar-refractivity contribution in [3.63, 3.8) is 0 Å². The maximum atomic E-state index is 6.07. The van der Waals surface area contributed by atoms with Crippen LogP contribution in [0.1, 0.15) is 17.0 Å². The highest BCUT2D eigenvalue weighted by Gasteiger charge is 2.05. The van der Waals surface area contributed by atoms with E-state index in [0.29, 0.717) is 18.1 Å². The molecule has 0 saturated heterocycles. The number of aryl methyl sites for hydroxylation is 1. The van der Waals surface area contributed by atoms with Crippen molar-refractivity contribution in [3.05, 3.63) is 77.9 Å². The molecule has 0 aliphatic rings. The molecule has 3 rings (SSSR count). The van der Waals surface area contributed by atoms with Crippen LogP contribution in [0, 0.1) is 6.92 Å². The first-order valence-electron chi connectivity index (χ1n) is 7.39. The largest absolute Gasteiger partial charge is 0.398 e. The lowest BCUT2D eigenvalue weighted by Crippen LogP contribution is -2.13. The Morgan fingerprint density at radius 3 is 2.65 bits per heavy atom. The van der Waals surface area contributed by atoms with Crippen molar-refractivity contribution >= 4 is 11.5 Å². The third-order valence-electron chi connectivity index (χ3n) is 3.72. The van der Waals surface area contributed by atoms with Crippen LogP contribution in [-0.4, -0.2) is 15.4 Å². The van der Waals surface area contributed by atoms with E-state index in [2.05, 4.69) is 9.98 Å². The van der Waals surface area contributed by atoms with E-state index < -0.39 is 0 Å². The number of hydrogen-bond donors (Lipinski definition) is 2. The Kier molecular flexibility index (Phi) is 4.10. The molecule has 4 N–H and O–H groups in total. The minimum Gasteiger partial charge on any atom is -0.398 e. The number of hydrogen-bond acceptors (Lipinski definition) is 3. The number of amidine groups is 1. The minimum absolute atomic E-state index is 0.439. The predicted octanol–water partition coefficient (Wildman–Crippen LogP) is 2.67. The summed E-state index contributed by atoms with van der Waals surface area (Å²) < 4.78 is 2.01. The molecule has 0 bridgehead atoms. The lowest BCUT2D eigenvalue weighted by molar-refractivity contribution is 0.965. The van der Waals surface area contributed by atoms with E-state index in [1.54, 1.807) is 6.20 Å². The molecule has 1 aromatic heterocycles. The van der Waals surface area contributed by atoms with Gasteiger partial charge in [-0.15, -0.1) is 0 Å². The van der Waals surface area contributed by atoms with Crippen LogP contribution in [-0.2, 0) is 6.54 Å². The molecule has 116 valence electrons. The fraction of sp³-hybridized carbons (Fsp3) is 0.111. The Bertz CT molecular complexity index is 834. The fourth-order valence-corrected chi connectivity index (χ4v) is 2.40. The molecule has 0 unspecified atom stereocenters. The maximum Gasteiger partial charge on any atom is 0.125 e. The quantitative estimate of drug-likeness (QED) is 0.441. The Morgan fingerprint density at radius 1 is 1.17 bits per heavy atom. The second-order valence-corrected chi connectivity index (χ2v) is 5.30. The van der Waals surface area contributed by atoms with E-state index in [1.807, 2.05) is 66.2 Å². The molecule has 5 nitrogen and oxygen atoms in total. The molecule has 2 aromatic carbocycles. The van der Waals surface area contributed by atoms with Gasteiger partial charge < -0.3 is 16.0 Å². The zero-order chi connectivity index (χ0) is 16.2. The Morgan fingerprint density at radius 2 is 1.96 bits per heavy atom.